The molecule has 0 radical (unpaired) electrons. The van der Waals surface area contributed by atoms with Gasteiger partial charge in [0.2, 0.25) is 0 Å². The van der Waals surface area contributed by atoms with Crippen LogP contribution in [0, 0.1) is 0 Å². The zero-order chi connectivity index (χ0) is 13.4. The summed E-state index contributed by atoms with van der Waals surface area (Å²) in [5.41, 5.74) is 3.91. The monoisotopic (exact) mass is 260 g/mol. The summed E-state index contributed by atoms with van der Waals surface area (Å²) >= 11 is 0. The van der Waals surface area contributed by atoms with Crippen LogP contribution in [0.1, 0.15) is 22.9 Å². The SMILES string of the molecule is c1ccc2c(c1)CCNC2c1cc2ccccc2cn1. The van der Waals surface area contributed by atoms with Crippen molar-refractivity contribution in [3.63, 3.8) is 0 Å². The molecule has 0 aliphatic carbocycles. The number of nitrogens with zero attached hydrogens (tertiary/aromatic N) is 1. The number of aromatic nitrogens is 1. The second-order valence-corrected chi connectivity index (χ2v) is 5.29. The van der Waals surface area contributed by atoms with Crippen molar-refractivity contribution in [2.75, 3.05) is 6.54 Å². The molecule has 1 aliphatic rings. The number of benzene rings is 2. The minimum absolute atomic E-state index is 0.213. The van der Waals surface area contributed by atoms with Crippen molar-refractivity contribution in [1.29, 1.82) is 0 Å². The van der Waals surface area contributed by atoms with Gasteiger partial charge in [-0.1, -0.05) is 48.5 Å². The minimum atomic E-state index is 0.213. The Kier molecular flexibility index (Phi) is 2.75. The van der Waals surface area contributed by atoms with Gasteiger partial charge in [0.15, 0.2) is 0 Å². The normalized spacial score (nSPS) is 17.9. The summed E-state index contributed by atoms with van der Waals surface area (Å²) in [5.74, 6) is 0. The van der Waals surface area contributed by atoms with E-state index in [2.05, 4.69) is 64.9 Å². The van der Waals surface area contributed by atoms with Crippen LogP contribution in [0.5, 0.6) is 0 Å². The molecule has 3 aromatic rings. The fourth-order valence-electron chi connectivity index (χ4n) is 3.03. The predicted molar refractivity (Wildman–Crippen MR) is 81.7 cm³/mol. The molecule has 0 fully saturated rings. The first kappa shape index (κ1) is 11.6. The quantitative estimate of drug-likeness (QED) is 0.724. The second-order valence-electron chi connectivity index (χ2n) is 5.29. The van der Waals surface area contributed by atoms with Crippen molar-refractivity contribution in [3.8, 4) is 0 Å². The van der Waals surface area contributed by atoms with Crippen molar-refractivity contribution < 1.29 is 0 Å². The Labute approximate surface area is 118 Å². The van der Waals surface area contributed by atoms with E-state index in [0.29, 0.717) is 0 Å². The summed E-state index contributed by atoms with van der Waals surface area (Å²) in [4.78, 5) is 4.67. The van der Waals surface area contributed by atoms with Gasteiger partial charge in [-0.25, -0.2) is 0 Å². The number of hydrogen-bond donors (Lipinski definition) is 1. The molecule has 0 saturated carbocycles. The molecular formula is C18H16N2. The van der Waals surface area contributed by atoms with E-state index in [1.807, 2.05) is 6.20 Å². The molecule has 1 unspecified atom stereocenters. The van der Waals surface area contributed by atoms with Gasteiger partial charge in [-0.3, -0.25) is 4.98 Å². The molecule has 0 spiro atoms. The van der Waals surface area contributed by atoms with Crippen LogP contribution in [0.3, 0.4) is 0 Å². The lowest BCUT2D eigenvalue weighted by atomic mass is 9.92. The Hall–Kier alpha value is -2.19. The van der Waals surface area contributed by atoms with Gasteiger partial charge in [-0.15, -0.1) is 0 Å². The molecule has 0 bridgehead atoms. The van der Waals surface area contributed by atoms with Crippen LogP contribution in [-0.4, -0.2) is 11.5 Å². The van der Waals surface area contributed by atoms with Gasteiger partial charge >= 0.3 is 0 Å². The summed E-state index contributed by atoms with van der Waals surface area (Å²) in [6.07, 6.45) is 3.07. The molecule has 4 rings (SSSR count). The maximum atomic E-state index is 4.67. The van der Waals surface area contributed by atoms with Gasteiger partial charge in [0.25, 0.3) is 0 Å². The van der Waals surface area contributed by atoms with E-state index in [9.17, 15) is 0 Å². The molecule has 20 heavy (non-hydrogen) atoms. The fraction of sp³-hybridized carbons (Fsp3) is 0.167. The predicted octanol–water partition coefficient (Wildman–Crippen LogP) is 3.47. The van der Waals surface area contributed by atoms with E-state index >= 15 is 0 Å². The summed E-state index contributed by atoms with van der Waals surface area (Å²) in [6.45, 7) is 1.01. The minimum Gasteiger partial charge on any atom is -0.305 e. The number of pyridine rings is 1. The number of fused-ring (bicyclic) bond motifs is 2. The van der Waals surface area contributed by atoms with E-state index in [-0.39, 0.29) is 6.04 Å². The number of nitrogens with one attached hydrogen (secondary N) is 1. The molecule has 1 aromatic heterocycles. The van der Waals surface area contributed by atoms with E-state index in [1.165, 1.54) is 21.9 Å². The molecule has 2 heteroatoms. The van der Waals surface area contributed by atoms with E-state index in [0.717, 1.165) is 18.7 Å². The third-order valence-electron chi connectivity index (χ3n) is 4.06. The molecule has 2 aromatic carbocycles. The molecule has 1 aliphatic heterocycles. The van der Waals surface area contributed by atoms with E-state index in [1.54, 1.807) is 0 Å². The topological polar surface area (TPSA) is 24.9 Å². The van der Waals surface area contributed by atoms with Crippen LogP contribution in [0.15, 0.2) is 60.8 Å². The highest BCUT2D eigenvalue weighted by Crippen LogP contribution is 2.28. The van der Waals surface area contributed by atoms with Gasteiger partial charge in [-0.2, -0.15) is 0 Å². The number of rotatable bonds is 1. The van der Waals surface area contributed by atoms with Crippen LogP contribution < -0.4 is 5.32 Å². The number of hydrogen-bond acceptors (Lipinski definition) is 2. The molecule has 2 heterocycles. The van der Waals surface area contributed by atoms with Crippen molar-refractivity contribution in [2.45, 2.75) is 12.5 Å². The Morgan fingerprint density at radius 2 is 1.75 bits per heavy atom. The second kappa shape index (κ2) is 4.73. The van der Waals surface area contributed by atoms with Gasteiger partial charge in [-0.05, 0) is 29.0 Å². The molecule has 2 nitrogen and oxygen atoms in total. The first-order chi connectivity index (χ1) is 9.92. The molecule has 0 amide bonds. The summed E-state index contributed by atoms with van der Waals surface area (Å²) in [5, 5.41) is 6.04. The molecule has 98 valence electrons. The lowest BCUT2D eigenvalue weighted by molar-refractivity contribution is 0.557. The van der Waals surface area contributed by atoms with Crippen LogP contribution >= 0.6 is 0 Å². The van der Waals surface area contributed by atoms with E-state index in [4.69, 9.17) is 0 Å². The van der Waals surface area contributed by atoms with Crippen molar-refractivity contribution in [1.82, 2.24) is 10.3 Å². The molecule has 0 saturated heterocycles. The van der Waals surface area contributed by atoms with Crippen LogP contribution in [0.2, 0.25) is 0 Å². The zero-order valence-corrected chi connectivity index (χ0v) is 11.2. The highest BCUT2D eigenvalue weighted by molar-refractivity contribution is 5.81. The first-order valence-electron chi connectivity index (χ1n) is 7.08. The Morgan fingerprint density at radius 1 is 0.950 bits per heavy atom. The largest absolute Gasteiger partial charge is 0.305 e. The highest BCUT2D eigenvalue weighted by atomic mass is 14.9. The molecule has 1 atom stereocenters. The average molecular weight is 260 g/mol. The van der Waals surface area contributed by atoms with Crippen LogP contribution in [0.4, 0.5) is 0 Å². The van der Waals surface area contributed by atoms with Crippen molar-refractivity contribution >= 4 is 10.8 Å². The first-order valence-corrected chi connectivity index (χ1v) is 7.08. The lowest BCUT2D eigenvalue weighted by Gasteiger charge is -2.26. The van der Waals surface area contributed by atoms with Crippen LogP contribution in [-0.2, 0) is 6.42 Å². The summed E-state index contributed by atoms with van der Waals surface area (Å²) < 4.78 is 0. The van der Waals surface area contributed by atoms with Gasteiger partial charge in [0, 0.05) is 18.1 Å². The zero-order valence-electron chi connectivity index (χ0n) is 11.2. The average Bonchev–Trinajstić information content (AvgIpc) is 2.54. The van der Waals surface area contributed by atoms with Crippen LogP contribution in [0.25, 0.3) is 10.8 Å². The standard InChI is InChI=1S/C18H16N2/c1-2-7-15-12-20-17(11-14(15)6-1)18-16-8-4-3-5-13(16)9-10-19-18/h1-8,11-12,18-19H,9-10H2. The Bertz CT molecular complexity index is 764. The lowest BCUT2D eigenvalue weighted by Crippen LogP contribution is -2.31. The highest BCUT2D eigenvalue weighted by Gasteiger charge is 2.21. The smallest absolute Gasteiger partial charge is 0.0754 e. The third-order valence-corrected chi connectivity index (χ3v) is 4.06. The maximum absolute atomic E-state index is 4.67. The Morgan fingerprint density at radius 3 is 2.70 bits per heavy atom. The Balaban J connectivity index is 1.84. The van der Waals surface area contributed by atoms with Gasteiger partial charge < -0.3 is 5.32 Å². The maximum Gasteiger partial charge on any atom is 0.0754 e. The van der Waals surface area contributed by atoms with E-state index < -0.39 is 0 Å². The van der Waals surface area contributed by atoms with Crippen molar-refractivity contribution in [2.24, 2.45) is 0 Å². The van der Waals surface area contributed by atoms with Gasteiger partial charge in [0.05, 0.1) is 11.7 Å². The fourth-order valence-corrected chi connectivity index (χ4v) is 3.03. The third kappa shape index (κ3) is 1.89. The molecule has 1 N–H and O–H groups in total. The van der Waals surface area contributed by atoms with Gasteiger partial charge in [0.1, 0.15) is 0 Å². The summed E-state index contributed by atoms with van der Waals surface area (Å²) in [7, 11) is 0. The van der Waals surface area contributed by atoms with Crippen molar-refractivity contribution in [3.05, 3.63) is 77.6 Å². The molecular weight excluding hydrogens is 244 g/mol. The summed E-state index contributed by atoms with van der Waals surface area (Å²) in [6, 6.07) is 19.5.